The largest absolute Gasteiger partial charge is 0.376 e. The Labute approximate surface area is 112 Å². The van der Waals surface area contributed by atoms with E-state index in [2.05, 4.69) is 5.32 Å². The molecule has 0 atom stereocenters. The molecule has 0 fully saturated rings. The normalized spacial score (nSPS) is 10.1. The van der Waals surface area contributed by atoms with Crippen LogP contribution in [0.2, 0.25) is 0 Å². The zero-order chi connectivity index (χ0) is 14.4. The van der Waals surface area contributed by atoms with E-state index in [0.29, 0.717) is 18.8 Å². The number of nitro benzene ring substituents is 1. The van der Waals surface area contributed by atoms with Crippen LogP contribution in [-0.2, 0) is 4.79 Å². The Morgan fingerprint density at radius 3 is 2.47 bits per heavy atom. The second-order valence-corrected chi connectivity index (χ2v) is 4.23. The smallest absolute Gasteiger partial charge is 0.271 e. The van der Waals surface area contributed by atoms with E-state index in [-0.39, 0.29) is 18.1 Å². The summed E-state index contributed by atoms with van der Waals surface area (Å²) in [7, 11) is 0. The molecule has 1 aromatic carbocycles. The van der Waals surface area contributed by atoms with Crippen LogP contribution in [0.1, 0.15) is 19.4 Å². The molecule has 19 heavy (non-hydrogen) atoms. The summed E-state index contributed by atoms with van der Waals surface area (Å²) >= 11 is 0. The lowest BCUT2D eigenvalue weighted by atomic mass is 10.2. The highest BCUT2D eigenvalue weighted by molar-refractivity contribution is 5.81. The number of non-ortho nitro benzene ring substituents is 1. The van der Waals surface area contributed by atoms with Gasteiger partial charge in [0.15, 0.2) is 0 Å². The fraction of sp³-hybridized carbons (Fsp3) is 0.462. The molecule has 1 aromatic rings. The summed E-state index contributed by atoms with van der Waals surface area (Å²) in [6, 6.07) is 4.71. The van der Waals surface area contributed by atoms with Crippen LogP contribution in [-0.4, -0.2) is 35.4 Å². The number of benzene rings is 1. The highest BCUT2D eigenvalue weighted by atomic mass is 16.6. The van der Waals surface area contributed by atoms with Crippen LogP contribution >= 0.6 is 0 Å². The van der Waals surface area contributed by atoms with E-state index < -0.39 is 4.92 Å². The number of likely N-dealkylation sites (N-methyl/N-ethyl adjacent to an activating group) is 1. The first-order valence-corrected chi connectivity index (χ1v) is 6.25. The van der Waals surface area contributed by atoms with Gasteiger partial charge in [0.1, 0.15) is 0 Å². The number of amides is 1. The van der Waals surface area contributed by atoms with Crippen molar-refractivity contribution in [3.63, 3.8) is 0 Å². The number of nitro groups is 1. The molecule has 0 spiro atoms. The molecule has 1 rings (SSSR count). The minimum Gasteiger partial charge on any atom is -0.376 e. The first kappa shape index (κ1) is 14.9. The minimum atomic E-state index is -0.440. The number of carbonyl (C=O) groups is 1. The van der Waals surface area contributed by atoms with Gasteiger partial charge >= 0.3 is 0 Å². The number of nitrogens with zero attached hydrogens (tertiary/aromatic N) is 2. The average Bonchev–Trinajstić information content (AvgIpc) is 2.37. The summed E-state index contributed by atoms with van der Waals surface area (Å²) in [4.78, 5) is 23.8. The van der Waals surface area contributed by atoms with Crippen molar-refractivity contribution in [1.82, 2.24) is 4.90 Å². The van der Waals surface area contributed by atoms with E-state index in [4.69, 9.17) is 0 Å². The average molecular weight is 265 g/mol. The predicted molar refractivity (Wildman–Crippen MR) is 74.3 cm³/mol. The third-order valence-electron chi connectivity index (χ3n) is 2.83. The summed E-state index contributed by atoms with van der Waals surface area (Å²) in [5, 5.41) is 13.7. The van der Waals surface area contributed by atoms with Crippen molar-refractivity contribution in [3.8, 4) is 0 Å². The summed E-state index contributed by atoms with van der Waals surface area (Å²) < 4.78 is 0. The third kappa shape index (κ3) is 4.24. The molecule has 0 saturated carbocycles. The Morgan fingerprint density at radius 2 is 1.95 bits per heavy atom. The van der Waals surface area contributed by atoms with Crippen LogP contribution < -0.4 is 5.32 Å². The van der Waals surface area contributed by atoms with Crippen LogP contribution in [0.3, 0.4) is 0 Å². The second-order valence-electron chi connectivity index (χ2n) is 4.23. The van der Waals surface area contributed by atoms with Crippen LogP contribution in [0, 0.1) is 17.0 Å². The number of rotatable bonds is 6. The maximum absolute atomic E-state index is 11.8. The molecule has 104 valence electrons. The van der Waals surface area contributed by atoms with E-state index in [1.807, 2.05) is 13.8 Å². The fourth-order valence-corrected chi connectivity index (χ4v) is 1.84. The van der Waals surface area contributed by atoms with Crippen molar-refractivity contribution < 1.29 is 9.72 Å². The van der Waals surface area contributed by atoms with Crippen molar-refractivity contribution in [1.29, 1.82) is 0 Å². The third-order valence-corrected chi connectivity index (χ3v) is 2.83. The van der Waals surface area contributed by atoms with E-state index in [1.165, 1.54) is 12.1 Å². The molecule has 0 radical (unpaired) electrons. The number of hydrogen-bond acceptors (Lipinski definition) is 4. The molecule has 0 aliphatic heterocycles. The highest BCUT2D eigenvalue weighted by Gasteiger charge is 2.11. The Balaban J connectivity index is 2.72. The summed E-state index contributed by atoms with van der Waals surface area (Å²) in [6.45, 7) is 7.07. The van der Waals surface area contributed by atoms with Crippen molar-refractivity contribution in [2.75, 3.05) is 25.0 Å². The van der Waals surface area contributed by atoms with Crippen molar-refractivity contribution >= 4 is 17.3 Å². The molecule has 0 aliphatic rings. The molecular formula is C13H19N3O3. The van der Waals surface area contributed by atoms with Crippen LogP contribution in [0.15, 0.2) is 18.2 Å². The van der Waals surface area contributed by atoms with Crippen molar-refractivity contribution in [2.24, 2.45) is 0 Å². The summed E-state index contributed by atoms with van der Waals surface area (Å²) in [5.41, 5.74) is 1.40. The lowest BCUT2D eigenvalue weighted by Gasteiger charge is -2.19. The Hall–Kier alpha value is -2.11. The van der Waals surface area contributed by atoms with Crippen LogP contribution in [0.4, 0.5) is 11.4 Å². The molecule has 0 aliphatic carbocycles. The number of aryl methyl sites for hydroxylation is 1. The Kier molecular flexibility index (Phi) is 5.29. The molecule has 1 amide bonds. The Bertz CT molecular complexity index is 470. The lowest BCUT2D eigenvalue weighted by Crippen LogP contribution is -2.35. The summed E-state index contributed by atoms with van der Waals surface area (Å²) in [5.74, 6) is -0.0193. The van der Waals surface area contributed by atoms with Gasteiger partial charge in [0.2, 0.25) is 5.91 Å². The summed E-state index contributed by atoms with van der Waals surface area (Å²) in [6.07, 6.45) is 0. The maximum Gasteiger partial charge on any atom is 0.271 e. The zero-order valence-corrected chi connectivity index (χ0v) is 11.5. The molecule has 0 aromatic heterocycles. The topological polar surface area (TPSA) is 75.5 Å². The van der Waals surface area contributed by atoms with Crippen LogP contribution in [0.25, 0.3) is 0 Å². The van der Waals surface area contributed by atoms with Gasteiger partial charge in [-0.2, -0.15) is 0 Å². The van der Waals surface area contributed by atoms with Gasteiger partial charge in [-0.15, -0.1) is 0 Å². The lowest BCUT2D eigenvalue weighted by molar-refractivity contribution is -0.384. The first-order chi connectivity index (χ1) is 8.97. The predicted octanol–water partition coefficient (Wildman–Crippen LogP) is 2.18. The molecule has 0 unspecified atom stereocenters. The zero-order valence-electron chi connectivity index (χ0n) is 11.5. The Morgan fingerprint density at radius 1 is 1.32 bits per heavy atom. The molecular weight excluding hydrogens is 246 g/mol. The highest BCUT2D eigenvalue weighted by Crippen LogP contribution is 2.20. The van der Waals surface area contributed by atoms with E-state index >= 15 is 0 Å². The van der Waals surface area contributed by atoms with Gasteiger partial charge in [-0.25, -0.2) is 0 Å². The van der Waals surface area contributed by atoms with E-state index in [1.54, 1.807) is 17.9 Å². The van der Waals surface area contributed by atoms with E-state index in [9.17, 15) is 14.9 Å². The van der Waals surface area contributed by atoms with Crippen molar-refractivity contribution in [3.05, 3.63) is 33.9 Å². The van der Waals surface area contributed by atoms with Gasteiger partial charge in [-0.3, -0.25) is 14.9 Å². The van der Waals surface area contributed by atoms with Gasteiger partial charge in [0.25, 0.3) is 5.69 Å². The minimum absolute atomic E-state index is 0.0193. The fourth-order valence-electron chi connectivity index (χ4n) is 1.84. The second kappa shape index (κ2) is 6.72. The van der Waals surface area contributed by atoms with Gasteiger partial charge in [-0.05, 0) is 32.4 Å². The molecule has 6 heteroatoms. The SMILES string of the molecule is CCN(CC)C(=O)CNc1cc(C)cc([N+](=O)[O-])c1. The maximum atomic E-state index is 11.8. The molecule has 0 saturated heterocycles. The van der Waals surface area contributed by atoms with Gasteiger partial charge < -0.3 is 10.2 Å². The number of nitrogens with one attached hydrogen (secondary N) is 1. The van der Waals surface area contributed by atoms with Gasteiger partial charge in [-0.1, -0.05) is 0 Å². The van der Waals surface area contributed by atoms with Crippen molar-refractivity contribution in [2.45, 2.75) is 20.8 Å². The number of anilines is 1. The van der Waals surface area contributed by atoms with Gasteiger partial charge in [0, 0.05) is 30.9 Å². The quantitative estimate of drug-likeness (QED) is 0.632. The molecule has 1 N–H and O–H groups in total. The first-order valence-electron chi connectivity index (χ1n) is 6.25. The van der Waals surface area contributed by atoms with E-state index in [0.717, 1.165) is 5.56 Å². The standard InChI is InChI=1S/C13H19N3O3/c1-4-15(5-2)13(17)9-14-11-6-10(3)7-12(8-11)16(18)19/h6-8,14H,4-5,9H2,1-3H3. The molecule has 6 nitrogen and oxygen atoms in total. The molecule has 0 heterocycles. The molecule has 0 bridgehead atoms. The van der Waals surface area contributed by atoms with Gasteiger partial charge in [0.05, 0.1) is 11.5 Å². The number of carbonyl (C=O) groups excluding carboxylic acids is 1. The monoisotopic (exact) mass is 265 g/mol. The van der Waals surface area contributed by atoms with Crippen LogP contribution in [0.5, 0.6) is 0 Å². The number of hydrogen-bond donors (Lipinski definition) is 1.